The van der Waals surface area contributed by atoms with Gasteiger partial charge in [0, 0.05) is 12.0 Å². The van der Waals surface area contributed by atoms with E-state index >= 15 is 0 Å². The molecular formula is C13H13N3O3S. The lowest BCUT2D eigenvalue weighted by atomic mass is 10.2. The van der Waals surface area contributed by atoms with Crippen LogP contribution in [0.4, 0.5) is 5.13 Å². The minimum absolute atomic E-state index is 0.0746. The zero-order chi connectivity index (χ0) is 14.5. The van der Waals surface area contributed by atoms with E-state index in [2.05, 4.69) is 15.5 Å². The van der Waals surface area contributed by atoms with Gasteiger partial charge >= 0.3 is 5.97 Å². The molecule has 6 nitrogen and oxygen atoms in total. The van der Waals surface area contributed by atoms with Crippen molar-refractivity contribution in [2.24, 2.45) is 0 Å². The van der Waals surface area contributed by atoms with Gasteiger partial charge in [0.25, 0.3) is 0 Å². The Labute approximate surface area is 119 Å². The van der Waals surface area contributed by atoms with E-state index in [0.29, 0.717) is 10.1 Å². The van der Waals surface area contributed by atoms with Crippen LogP contribution in [-0.4, -0.2) is 27.2 Å². The number of carboxylic acid groups (broad SMARTS) is 1. The lowest BCUT2D eigenvalue weighted by molar-refractivity contribution is -0.138. The van der Waals surface area contributed by atoms with Crippen LogP contribution in [0, 0.1) is 6.92 Å². The SMILES string of the molecule is Cc1ccc(-c2nnc(NC(=O)CCC(=O)O)s2)cc1. The number of hydrogen-bond donors (Lipinski definition) is 2. The summed E-state index contributed by atoms with van der Waals surface area (Å²) in [5, 5.41) is 20.0. The number of nitrogens with one attached hydrogen (secondary N) is 1. The van der Waals surface area contributed by atoms with Gasteiger partial charge in [-0.2, -0.15) is 0 Å². The van der Waals surface area contributed by atoms with Crippen LogP contribution >= 0.6 is 11.3 Å². The van der Waals surface area contributed by atoms with Crippen molar-refractivity contribution in [3.8, 4) is 10.6 Å². The minimum Gasteiger partial charge on any atom is -0.481 e. The predicted molar refractivity (Wildman–Crippen MR) is 75.6 cm³/mol. The summed E-state index contributed by atoms with van der Waals surface area (Å²) in [7, 11) is 0. The van der Waals surface area contributed by atoms with Crippen LogP contribution in [0.1, 0.15) is 18.4 Å². The van der Waals surface area contributed by atoms with Crippen LogP contribution in [0.25, 0.3) is 10.6 Å². The summed E-state index contributed by atoms with van der Waals surface area (Å²) in [4.78, 5) is 21.8. The van der Waals surface area contributed by atoms with Crippen LogP contribution in [0.5, 0.6) is 0 Å². The number of carbonyl (C=O) groups is 2. The van der Waals surface area contributed by atoms with Crippen molar-refractivity contribution in [1.29, 1.82) is 0 Å². The maximum absolute atomic E-state index is 11.5. The quantitative estimate of drug-likeness (QED) is 0.882. The van der Waals surface area contributed by atoms with Crippen molar-refractivity contribution < 1.29 is 14.7 Å². The van der Waals surface area contributed by atoms with Crippen LogP contribution in [-0.2, 0) is 9.59 Å². The molecule has 1 aromatic carbocycles. The number of aliphatic carboxylic acids is 1. The minimum atomic E-state index is -1.00. The number of rotatable bonds is 5. The lowest BCUT2D eigenvalue weighted by Crippen LogP contribution is -2.12. The molecule has 104 valence electrons. The van der Waals surface area contributed by atoms with Crippen molar-refractivity contribution in [1.82, 2.24) is 10.2 Å². The van der Waals surface area contributed by atoms with E-state index in [0.717, 1.165) is 11.1 Å². The molecule has 0 fully saturated rings. The second-order valence-electron chi connectivity index (χ2n) is 4.22. The molecule has 0 radical (unpaired) electrons. The van der Waals surface area contributed by atoms with Crippen LogP contribution in [0.2, 0.25) is 0 Å². The fraction of sp³-hybridized carbons (Fsp3) is 0.231. The third-order valence-corrected chi connectivity index (χ3v) is 3.42. The summed E-state index contributed by atoms with van der Waals surface area (Å²) in [5.41, 5.74) is 2.08. The van der Waals surface area contributed by atoms with E-state index in [1.807, 2.05) is 31.2 Å². The van der Waals surface area contributed by atoms with Gasteiger partial charge in [-0.25, -0.2) is 0 Å². The number of aryl methyl sites for hydroxylation is 1. The maximum atomic E-state index is 11.5. The molecule has 0 unspecified atom stereocenters. The second-order valence-corrected chi connectivity index (χ2v) is 5.20. The molecule has 0 aliphatic heterocycles. The van der Waals surface area contributed by atoms with Gasteiger partial charge in [-0.05, 0) is 6.92 Å². The van der Waals surface area contributed by atoms with E-state index in [9.17, 15) is 9.59 Å². The summed E-state index contributed by atoms with van der Waals surface area (Å²) in [5.74, 6) is -1.38. The summed E-state index contributed by atoms with van der Waals surface area (Å²) in [6.07, 6.45) is -0.274. The lowest BCUT2D eigenvalue weighted by Gasteiger charge is -1.98. The van der Waals surface area contributed by atoms with Crippen LogP contribution in [0.3, 0.4) is 0 Å². The highest BCUT2D eigenvalue weighted by atomic mass is 32.1. The first-order valence-electron chi connectivity index (χ1n) is 5.97. The van der Waals surface area contributed by atoms with Crippen LogP contribution in [0.15, 0.2) is 24.3 Å². The number of anilines is 1. The van der Waals surface area contributed by atoms with Crippen molar-refractivity contribution in [3.05, 3.63) is 29.8 Å². The molecular weight excluding hydrogens is 278 g/mol. The topological polar surface area (TPSA) is 92.2 Å². The molecule has 0 saturated heterocycles. The summed E-state index contributed by atoms with van der Waals surface area (Å²) in [6.45, 7) is 2.00. The fourth-order valence-electron chi connectivity index (χ4n) is 1.49. The highest BCUT2D eigenvalue weighted by Gasteiger charge is 2.10. The molecule has 2 aromatic rings. The summed E-state index contributed by atoms with van der Waals surface area (Å²) >= 11 is 1.25. The molecule has 0 saturated carbocycles. The third kappa shape index (κ3) is 3.86. The third-order valence-electron chi connectivity index (χ3n) is 2.54. The highest BCUT2D eigenvalue weighted by Crippen LogP contribution is 2.26. The molecule has 0 spiro atoms. The second kappa shape index (κ2) is 6.25. The Bertz CT molecular complexity index is 622. The predicted octanol–water partition coefficient (Wildman–Crippen LogP) is 2.32. The van der Waals surface area contributed by atoms with Gasteiger partial charge in [0.15, 0.2) is 0 Å². The standard InChI is InChI=1S/C13H13N3O3S/c1-8-2-4-9(5-3-8)12-15-16-13(20-12)14-10(17)6-7-11(18)19/h2-5H,6-7H2,1H3,(H,18,19)(H,14,16,17). The summed E-state index contributed by atoms with van der Waals surface area (Å²) in [6, 6.07) is 7.82. The van der Waals surface area contributed by atoms with E-state index in [4.69, 9.17) is 5.11 Å². The Balaban J connectivity index is 2.00. The van der Waals surface area contributed by atoms with Crippen LogP contribution < -0.4 is 5.32 Å². The van der Waals surface area contributed by atoms with E-state index in [-0.39, 0.29) is 18.7 Å². The first-order valence-corrected chi connectivity index (χ1v) is 6.78. The largest absolute Gasteiger partial charge is 0.481 e. The number of hydrogen-bond acceptors (Lipinski definition) is 5. The van der Waals surface area contributed by atoms with Gasteiger partial charge in [0.1, 0.15) is 5.01 Å². The van der Waals surface area contributed by atoms with Gasteiger partial charge in [-0.3, -0.25) is 9.59 Å². The average Bonchev–Trinajstić information content (AvgIpc) is 2.85. The monoisotopic (exact) mass is 291 g/mol. The zero-order valence-electron chi connectivity index (χ0n) is 10.8. The Morgan fingerprint density at radius 3 is 2.55 bits per heavy atom. The van der Waals surface area contributed by atoms with E-state index in [1.54, 1.807) is 0 Å². The molecule has 2 rings (SSSR count). The molecule has 20 heavy (non-hydrogen) atoms. The van der Waals surface area contributed by atoms with Crippen molar-refractivity contribution in [3.63, 3.8) is 0 Å². The number of benzene rings is 1. The first kappa shape index (κ1) is 14.1. The Morgan fingerprint density at radius 2 is 1.90 bits per heavy atom. The number of carbonyl (C=O) groups excluding carboxylic acids is 1. The van der Waals surface area contributed by atoms with Crippen molar-refractivity contribution in [2.75, 3.05) is 5.32 Å². The van der Waals surface area contributed by atoms with E-state index in [1.165, 1.54) is 11.3 Å². The molecule has 7 heteroatoms. The van der Waals surface area contributed by atoms with Gasteiger partial charge in [-0.1, -0.05) is 41.2 Å². The van der Waals surface area contributed by atoms with E-state index < -0.39 is 5.97 Å². The van der Waals surface area contributed by atoms with Gasteiger partial charge < -0.3 is 10.4 Å². The first-order chi connectivity index (χ1) is 9.54. The normalized spacial score (nSPS) is 10.2. The molecule has 0 aliphatic carbocycles. The van der Waals surface area contributed by atoms with Gasteiger partial charge in [0.05, 0.1) is 6.42 Å². The molecule has 1 amide bonds. The zero-order valence-corrected chi connectivity index (χ0v) is 11.6. The molecule has 0 atom stereocenters. The summed E-state index contributed by atoms with van der Waals surface area (Å²) < 4.78 is 0. The van der Waals surface area contributed by atoms with Crippen molar-refractivity contribution >= 4 is 28.3 Å². The number of amides is 1. The molecule has 1 heterocycles. The Hall–Kier alpha value is -2.28. The molecule has 1 aromatic heterocycles. The average molecular weight is 291 g/mol. The smallest absolute Gasteiger partial charge is 0.303 e. The number of carboxylic acids is 1. The van der Waals surface area contributed by atoms with Gasteiger partial charge in [0.2, 0.25) is 11.0 Å². The van der Waals surface area contributed by atoms with Crippen molar-refractivity contribution in [2.45, 2.75) is 19.8 Å². The number of nitrogens with zero attached hydrogens (tertiary/aromatic N) is 2. The molecule has 2 N–H and O–H groups in total. The number of aromatic nitrogens is 2. The highest BCUT2D eigenvalue weighted by molar-refractivity contribution is 7.18. The van der Waals surface area contributed by atoms with Gasteiger partial charge in [-0.15, -0.1) is 10.2 Å². The Morgan fingerprint density at radius 1 is 1.20 bits per heavy atom. The fourth-order valence-corrected chi connectivity index (χ4v) is 2.25. The molecule has 0 aliphatic rings. The maximum Gasteiger partial charge on any atom is 0.303 e. The molecule has 0 bridgehead atoms. The Kier molecular flexibility index (Phi) is 4.41.